The summed E-state index contributed by atoms with van der Waals surface area (Å²) in [5, 5.41) is 6.23. The molecule has 1 saturated heterocycles. The quantitative estimate of drug-likeness (QED) is 0.568. The maximum Gasteiger partial charge on any atom is 0.254 e. The molecule has 2 amide bonds. The Bertz CT molecular complexity index is 1080. The second-order valence-corrected chi connectivity index (χ2v) is 7.76. The molecular formula is C23H27N5O3. The number of piperazine rings is 1. The SMILES string of the molecule is COCCNc1nc2cc(C(=O)N3CC(=O)NC(Cc4ccccc4)C3)ccc2n1C. The van der Waals surface area contributed by atoms with Crippen molar-refractivity contribution in [3.8, 4) is 0 Å². The van der Waals surface area contributed by atoms with E-state index < -0.39 is 0 Å². The van der Waals surface area contributed by atoms with E-state index in [1.807, 2.05) is 48.0 Å². The van der Waals surface area contributed by atoms with Crippen molar-refractivity contribution in [2.24, 2.45) is 7.05 Å². The van der Waals surface area contributed by atoms with Crippen molar-refractivity contribution in [2.45, 2.75) is 12.5 Å². The lowest BCUT2D eigenvalue weighted by molar-refractivity contribution is -0.124. The smallest absolute Gasteiger partial charge is 0.254 e. The van der Waals surface area contributed by atoms with Crippen LogP contribution in [0.25, 0.3) is 11.0 Å². The molecule has 162 valence electrons. The molecule has 1 atom stereocenters. The topological polar surface area (TPSA) is 88.5 Å². The zero-order valence-corrected chi connectivity index (χ0v) is 17.8. The van der Waals surface area contributed by atoms with E-state index >= 15 is 0 Å². The van der Waals surface area contributed by atoms with Crippen LogP contribution in [0.3, 0.4) is 0 Å². The van der Waals surface area contributed by atoms with Gasteiger partial charge in [0, 0.05) is 32.8 Å². The molecule has 2 N–H and O–H groups in total. The third-order valence-electron chi connectivity index (χ3n) is 5.47. The van der Waals surface area contributed by atoms with Crippen molar-refractivity contribution >= 4 is 28.8 Å². The van der Waals surface area contributed by atoms with Crippen LogP contribution in [0.2, 0.25) is 0 Å². The molecule has 0 spiro atoms. The lowest BCUT2D eigenvalue weighted by Crippen LogP contribution is -2.56. The first-order valence-corrected chi connectivity index (χ1v) is 10.4. The Balaban J connectivity index is 1.50. The zero-order valence-electron chi connectivity index (χ0n) is 17.8. The van der Waals surface area contributed by atoms with E-state index in [-0.39, 0.29) is 24.4 Å². The number of nitrogens with one attached hydrogen (secondary N) is 2. The number of methoxy groups -OCH3 is 1. The van der Waals surface area contributed by atoms with Gasteiger partial charge < -0.3 is 24.8 Å². The van der Waals surface area contributed by atoms with Crippen molar-refractivity contribution in [1.29, 1.82) is 0 Å². The highest BCUT2D eigenvalue weighted by Crippen LogP contribution is 2.21. The van der Waals surface area contributed by atoms with Crippen molar-refractivity contribution in [3.05, 3.63) is 59.7 Å². The standard InChI is InChI=1S/C23H27N5O3/c1-27-20-9-8-17(13-19(20)26-23(27)24-10-11-31-2)22(30)28-14-18(25-21(29)15-28)12-16-6-4-3-5-7-16/h3-9,13,18H,10-12,14-15H2,1-2H3,(H,24,26)(H,25,29). The second kappa shape index (κ2) is 9.18. The molecule has 1 fully saturated rings. The average molecular weight is 422 g/mol. The van der Waals surface area contributed by atoms with E-state index in [9.17, 15) is 9.59 Å². The Labute approximate surface area is 181 Å². The normalized spacial score (nSPS) is 16.4. The molecule has 0 aliphatic carbocycles. The minimum Gasteiger partial charge on any atom is -0.383 e. The summed E-state index contributed by atoms with van der Waals surface area (Å²) in [6.45, 7) is 1.76. The van der Waals surface area contributed by atoms with Crippen molar-refractivity contribution in [3.63, 3.8) is 0 Å². The highest BCUT2D eigenvalue weighted by molar-refractivity contribution is 5.99. The number of nitrogens with zero attached hydrogens (tertiary/aromatic N) is 3. The Kier molecular flexibility index (Phi) is 6.18. The number of anilines is 1. The van der Waals surface area contributed by atoms with Gasteiger partial charge in [0.25, 0.3) is 5.91 Å². The van der Waals surface area contributed by atoms with E-state index in [1.54, 1.807) is 24.1 Å². The number of carbonyl (C=O) groups excluding carboxylic acids is 2. The van der Waals surface area contributed by atoms with E-state index in [2.05, 4.69) is 15.6 Å². The number of ether oxygens (including phenoxy) is 1. The van der Waals surface area contributed by atoms with Crippen LogP contribution >= 0.6 is 0 Å². The molecule has 1 unspecified atom stereocenters. The molecule has 8 heteroatoms. The van der Waals surface area contributed by atoms with Gasteiger partial charge in [-0.3, -0.25) is 9.59 Å². The van der Waals surface area contributed by atoms with Crippen molar-refractivity contribution in [2.75, 3.05) is 38.7 Å². The van der Waals surface area contributed by atoms with Gasteiger partial charge in [0.15, 0.2) is 0 Å². The number of rotatable bonds is 7. The van der Waals surface area contributed by atoms with Gasteiger partial charge in [0.05, 0.1) is 30.2 Å². The summed E-state index contributed by atoms with van der Waals surface area (Å²) in [5.41, 5.74) is 3.32. The molecule has 8 nitrogen and oxygen atoms in total. The van der Waals surface area contributed by atoms with Crippen LogP contribution < -0.4 is 10.6 Å². The van der Waals surface area contributed by atoms with Gasteiger partial charge in [-0.25, -0.2) is 4.98 Å². The summed E-state index contributed by atoms with van der Waals surface area (Å²) >= 11 is 0. The predicted octanol–water partition coefficient (Wildman–Crippen LogP) is 1.81. The van der Waals surface area contributed by atoms with Gasteiger partial charge in [0.2, 0.25) is 11.9 Å². The van der Waals surface area contributed by atoms with Gasteiger partial charge in [0.1, 0.15) is 0 Å². The van der Waals surface area contributed by atoms with Crippen LogP contribution in [0.15, 0.2) is 48.5 Å². The van der Waals surface area contributed by atoms with Gasteiger partial charge in [-0.05, 0) is 30.2 Å². The Morgan fingerprint density at radius 2 is 2.06 bits per heavy atom. The number of carbonyl (C=O) groups is 2. The zero-order chi connectivity index (χ0) is 21.8. The first kappa shape index (κ1) is 20.9. The molecule has 0 saturated carbocycles. The van der Waals surface area contributed by atoms with E-state index in [0.717, 1.165) is 22.5 Å². The van der Waals surface area contributed by atoms with Crippen LogP contribution in [-0.2, 0) is 23.0 Å². The number of imidazole rings is 1. The molecule has 3 aromatic rings. The van der Waals surface area contributed by atoms with Crippen molar-refractivity contribution in [1.82, 2.24) is 19.8 Å². The number of hydrogen-bond acceptors (Lipinski definition) is 5. The number of amides is 2. The molecule has 4 rings (SSSR count). The molecule has 1 aromatic heterocycles. The summed E-state index contributed by atoms with van der Waals surface area (Å²) in [4.78, 5) is 31.6. The fourth-order valence-corrected chi connectivity index (χ4v) is 3.93. The molecule has 1 aliphatic rings. The molecule has 0 bridgehead atoms. The summed E-state index contributed by atoms with van der Waals surface area (Å²) in [5.74, 6) is 0.426. The average Bonchev–Trinajstić information content (AvgIpc) is 3.08. The van der Waals surface area contributed by atoms with Crippen LogP contribution in [0.5, 0.6) is 0 Å². The Morgan fingerprint density at radius 3 is 2.84 bits per heavy atom. The largest absolute Gasteiger partial charge is 0.383 e. The fraction of sp³-hybridized carbons (Fsp3) is 0.348. The maximum absolute atomic E-state index is 13.2. The molecule has 0 radical (unpaired) electrons. The number of benzene rings is 2. The lowest BCUT2D eigenvalue weighted by atomic mass is 10.0. The fourth-order valence-electron chi connectivity index (χ4n) is 3.93. The lowest BCUT2D eigenvalue weighted by Gasteiger charge is -2.33. The van der Waals surface area contributed by atoms with Gasteiger partial charge in [-0.1, -0.05) is 30.3 Å². The predicted molar refractivity (Wildman–Crippen MR) is 119 cm³/mol. The molecule has 1 aliphatic heterocycles. The first-order valence-electron chi connectivity index (χ1n) is 10.4. The Hall–Kier alpha value is -3.39. The van der Waals surface area contributed by atoms with Crippen molar-refractivity contribution < 1.29 is 14.3 Å². The van der Waals surface area contributed by atoms with E-state index in [4.69, 9.17) is 4.74 Å². The number of fused-ring (bicyclic) bond motifs is 1. The Morgan fingerprint density at radius 1 is 1.26 bits per heavy atom. The van der Waals surface area contributed by atoms with Gasteiger partial charge in [-0.15, -0.1) is 0 Å². The summed E-state index contributed by atoms with van der Waals surface area (Å²) in [6, 6.07) is 15.3. The first-order chi connectivity index (χ1) is 15.0. The number of aryl methyl sites for hydroxylation is 1. The van der Waals surface area contributed by atoms with E-state index in [0.29, 0.717) is 31.7 Å². The maximum atomic E-state index is 13.2. The van der Waals surface area contributed by atoms with Crippen LogP contribution in [0.4, 0.5) is 5.95 Å². The van der Waals surface area contributed by atoms with Gasteiger partial charge >= 0.3 is 0 Å². The molecular weight excluding hydrogens is 394 g/mol. The van der Waals surface area contributed by atoms with E-state index in [1.165, 1.54) is 0 Å². The highest BCUT2D eigenvalue weighted by atomic mass is 16.5. The van der Waals surface area contributed by atoms with Gasteiger partial charge in [-0.2, -0.15) is 0 Å². The summed E-state index contributed by atoms with van der Waals surface area (Å²) < 4.78 is 7.02. The minimum atomic E-state index is -0.158. The molecule has 2 aromatic carbocycles. The molecule has 2 heterocycles. The third-order valence-corrected chi connectivity index (χ3v) is 5.47. The highest BCUT2D eigenvalue weighted by Gasteiger charge is 2.29. The summed E-state index contributed by atoms with van der Waals surface area (Å²) in [7, 11) is 3.58. The van der Waals surface area contributed by atoms with Crippen LogP contribution in [0, 0.1) is 0 Å². The number of hydrogen-bond donors (Lipinski definition) is 2. The minimum absolute atomic E-state index is 0.0637. The van der Waals surface area contributed by atoms with Crippen LogP contribution in [-0.4, -0.2) is 65.7 Å². The third kappa shape index (κ3) is 4.69. The second-order valence-electron chi connectivity index (χ2n) is 7.76. The number of aromatic nitrogens is 2. The summed E-state index contributed by atoms with van der Waals surface area (Å²) in [6.07, 6.45) is 0.687. The van der Waals surface area contributed by atoms with Crippen LogP contribution in [0.1, 0.15) is 15.9 Å². The monoisotopic (exact) mass is 421 g/mol. The molecule has 31 heavy (non-hydrogen) atoms.